The second-order valence-corrected chi connectivity index (χ2v) is 6.34. The van der Waals surface area contributed by atoms with E-state index in [0.717, 1.165) is 31.2 Å². The predicted octanol–water partition coefficient (Wildman–Crippen LogP) is 1.46. The number of hydrogen-bond acceptors (Lipinski definition) is 5. The minimum absolute atomic E-state index is 0.0343. The highest BCUT2D eigenvalue weighted by Gasteiger charge is 2.31. The minimum Gasteiger partial charge on any atom is -0.337 e. The van der Waals surface area contributed by atoms with Crippen molar-refractivity contribution in [2.45, 2.75) is 19.5 Å². The molecule has 7 nitrogen and oxygen atoms in total. The first-order valence-corrected chi connectivity index (χ1v) is 8.74. The van der Waals surface area contributed by atoms with Crippen LogP contribution < -0.4 is 5.32 Å². The first-order valence-electron chi connectivity index (χ1n) is 7.80. The summed E-state index contributed by atoms with van der Waals surface area (Å²) in [5.74, 6) is 1.00. The molecule has 8 heteroatoms. The zero-order valence-electron chi connectivity index (χ0n) is 13.5. The number of aromatic nitrogens is 3. The van der Waals surface area contributed by atoms with E-state index in [9.17, 15) is 4.79 Å². The van der Waals surface area contributed by atoms with E-state index in [1.807, 2.05) is 34.3 Å². The molecule has 1 fully saturated rings. The topological polar surface area (TPSA) is 66.3 Å². The molecule has 2 aromatic rings. The molecular formula is C15H22N6OS. The number of piperazine rings is 1. The number of rotatable bonds is 4. The van der Waals surface area contributed by atoms with Crippen molar-refractivity contribution < 1.29 is 4.79 Å². The molecule has 3 rings (SSSR count). The highest BCUT2D eigenvalue weighted by atomic mass is 32.1. The molecule has 3 heterocycles. The van der Waals surface area contributed by atoms with Crippen molar-refractivity contribution >= 4 is 17.4 Å². The van der Waals surface area contributed by atoms with Crippen molar-refractivity contribution in [3.63, 3.8) is 0 Å². The van der Waals surface area contributed by atoms with Gasteiger partial charge in [0, 0.05) is 44.5 Å². The highest BCUT2D eigenvalue weighted by molar-refractivity contribution is 7.07. The van der Waals surface area contributed by atoms with Crippen LogP contribution in [0.25, 0.3) is 0 Å². The van der Waals surface area contributed by atoms with E-state index in [4.69, 9.17) is 0 Å². The van der Waals surface area contributed by atoms with Crippen molar-refractivity contribution in [2.24, 2.45) is 7.05 Å². The van der Waals surface area contributed by atoms with Gasteiger partial charge in [0.25, 0.3) is 0 Å². The van der Waals surface area contributed by atoms with Gasteiger partial charge in [-0.3, -0.25) is 4.90 Å². The average Bonchev–Trinajstić information content (AvgIpc) is 3.23. The zero-order chi connectivity index (χ0) is 16.2. The van der Waals surface area contributed by atoms with Crippen LogP contribution in [0.4, 0.5) is 4.79 Å². The number of nitrogens with zero attached hydrogens (tertiary/aromatic N) is 5. The Labute approximate surface area is 139 Å². The molecule has 0 radical (unpaired) electrons. The molecule has 2 aromatic heterocycles. The number of carbonyl (C=O) groups is 1. The van der Waals surface area contributed by atoms with Crippen molar-refractivity contribution in [3.05, 3.63) is 34.8 Å². The third kappa shape index (κ3) is 3.53. The number of nitrogens with one attached hydrogen (secondary N) is 1. The molecule has 0 aromatic carbocycles. The van der Waals surface area contributed by atoms with Gasteiger partial charge in [0.05, 0.1) is 23.8 Å². The lowest BCUT2D eigenvalue weighted by atomic mass is 10.1. The number of likely N-dealkylation sites (N-methyl/N-ethyl adjacent to an activating group) is 1. The number of imidazole rings is 1. The maximum absolute atomic E-state index is 12.4. The van der Waals surface area contributed by atoms with Gasteiger partial charge in [-0.25, -0.2) is 14.8 Å². The van der Waals surface area contributed by atoms with E-state index >= 15 is 0 Å². The number of thiazole rings is 1. The Morgan fingerprint density at radius 3 is 2.96 bits per heavy atom. The van der Waals surface area contributed by atoms with Crippen LogP contribution in [0, 0.1) is 0 Å². The van der Waals surface area contributed by atoms with Crippen LogP contribution in [-0.2, 0) is 13.6 Å². The van der Waals surface area contributed by atoms with Gasteiger partial charge in [-0.15, -0.1) is 11.3 Å². The Morgan fingerprint density at radius 1 is 1.43 bits per heavy atom. The van der Waals surface area contributed by atoms with Crippen LogP contribution in [0.5, 0.6) is 0 Å². The van der Waals surface area contributed by atoms with E-state index in [-0.39, 0.29) is 12.1 Å². The van der Waals surface area contributed by atoms with Gasteiger partial charge >= 0.3 is 6.03 Å². The van der Waals surface area contributed by atoms with Crippen molar-refractivity contribution in [2.75, 3.05) is 26.2 Å². The first kappa shape index (κ1) is 15.9. The van der Waals surface area contributed by atoms with E-state index in [1.165, 1.54) is 11.3 Å². The molecule has 124 valence electrons. The van der Waals surface area contributed by atoms with Crippen LogP contribution in [0.3, 0.4) is 0 Å². The molecule has 0 spiro atoms. The fourth-order valence-corrected chi connectivity index (χ4v) is 3.49. The first-order chi connectivity index (χ1) is 11.2. The third-order valence-electron chi connectivity index (χ3n) is 4.25. The van der Waals surface area contributed by atoms with Gasteiger partial charge in [0.15, 0.2) is 0 Å². The van der Waals surface area contributed by atoms with Gasteiger partial charge in [-0.05, 0) is 6.54 Å². The fourth-order valence-electron chi connectivity index (χ4n) is 2.93. The Bertz CT molecular complexity index is 640. The van der Waals surface area contributed by atoms with Gasteiger partial charge < -0.3 is 14.8 Å². The molecule has 0 aliphatic carbocycles. The SMILES string of the molecule is CCN1CCN(C(=O)NCc2cscn2)C[C@H]1c1nccn1C. The highest BCUT2D eigenvalue weighted by Crippen LogP contribution is 2.23. The van der Waals surface area contributed by atoms with Crippen molar-refractivity contribution in [1.29, 1.82) is 0 Å². The van der Waals surface area contributed by atoms with E-state index in [2.05, 4.69) is 27.1 Å². The Hall–Kier alpha value is -1.93. The summed E-state index contributed by atoms with van der Waals surface area (Å²) in [7, 11) is 2.00. The van der Waals surface area contributed by atoms with Crippen LogP contribution in [0.1, 0.15) is 24.5 Å². The minimum atomic E-state index is -0.0343. The second-order valence-electron chi connectivity index (χ2n) is 5.63. The maximum atomic E-state index is 12.4. The summed E-state index contributed by atoms with van der Waals surface area (Å²) in [5, 5.41) is 4.90. The fraction of sp³-hybridized carbons (Fsp3) is 0.533. The summed E-state index contributed by atoms with van der Waals surface area (Å²) < 4.78 is 2.03. The van der Waals surface area contributed by atoms with E-state index in [1.54, 1.807) is 5.51 Å². The molecular weight excluding hydrogens is 312 g/mol. The molecule has 0 bridgehead atoms. The lowest BCUT2D eigenvalue weighted by molar-refractivity contribution is 0.0877. The standard InChI is InChI=1S/C15H22N6OS/c1-3-20-6-7-21(9-13(20)14-16-4-5-19(14)2)15(22)17-8-12-10-23-11-18-12/h4-5,10-11,13H,3,6-9H2,1-2H3,(H,17,22)/t13-/m0/s1. The third-order valence-corrected chi connectivity index (χ3v) is 4.88. The average molecular weight is 334 g/mol. The monoisotopic (exact) mass is 334 g/mol. The number of carbonyl (C=O) groups excluding carboxylic acids is 1. The molecule has 1 N–H and O–H groups in total. The number of urea groups is 1. The molecule has 1 aliphatic rings. The number of aryl methyl sites for hydroxylation is 1. The predicted molar refractivity (Wildman–Crippen MR) is 89.1 cm³/mol. The van der Waals surface area contributed by atoms with Crippen molar-refractivity contribution in [3.8, 4) is 0 Å². The van der Waals surface area contributed by atoms with Gasteiger partial charge in [-0.1, -0.05) is 6.92 Å². The summed E-state index contributed by atoms with van der Waals surface area (Å²) in [5.41, 5.74) is 2.68. The Morgan fingerprint density at radius 2 is 2.30 bits per heavy atom. The van der Waals surface area contributed by atoms with Crippen LogP contribution in [-0.4, -0.2) is 56.5 Å². The van der Waals surface area contributed by atoms with Crippen LogP contribution in [0.2, 0.25) is 0 Å². The van der Waals surface area contributed by atoms with Crippen LogP contribution >= 0.6 is 11.3 Å². The summed E-state index contributed by atoms with van der Waals surface area (Å²) >= 11 is 1.54. The van der Waals surface area contributed by atoms with E-state index < -0.39 is 0 Å². The molecule has 0 saturated carbocycles. The van der Waals surface area contributed by atoms with Crippen LogP contribution in [0.15, 0.2) is 23.3 Å². The lowest BCUT2D eigenvalue weighted by Gasteiger charge is -2.40. The van der Waals surface area contributed by atoms with Gasteiger partial charge in [0.2, 0.25) is 0 Å². The van der Waals surface area contributed by atoms with E-state index in [0.29, 0.717) is 13.1 Å². The largest absolute Gasteiger partial charge is 0.337 e. The van der Waals surface area contributed by atoms with Gasteiger partial charge in [0.1, 0.15) is 5.82 Å². The molecule has 2 amide bonds. The Balaban J connectivity index is 1.65. The second kappa shape index (κ2) is 7.10. The normalized spacial score (nSPS) is 19.0. The molecule has 1 saturated heterocycles. The number of amides is 2. The summed E-state index contributed by atoms with van der Waals surface area (Å²) in [6.45, 7) is 5.82. The molecule has 23 heavy (non-hydrogen) atoms. The summed E-state index contributed by atoms with van der Waals surface area (Å²) in [6, 6.07) is 0.103. The number of hydrogen-bond donors (Lipinski definition) is 1. The quantitative estimate of drug-likeness (QED) is 0.919. The molecule has 1 aliphatic heterocycles. The molecule has 1 atom stereocenters. The Kier molecular flexibility index (Phi) is 4.92. The van der Waals surface area contributed by atoms with Crippen molar-refractivity contribution in [1.82, 2.24) is 29.7 Å². The van der Waals surface area contributed by atoms with Gasteiger partial charge in [-0.2, -0.15) is 0 Å². The molecule has 0 unspecified atom stereocenters. The summed E-state index contributed by atoms with van der Waals surface area (Å²) in [6.07, 6.45) is 3.76. The maximum Gasteiger partial charge on any atom is 0.317 e. The zero-order valence-corrected chi connectivity index (χ0v) is 14.3. The lowest BCUT2D eigenvalue weighted by Crippen LogP contribution is -2.53. The summed E-state index contributed by atoms with van der Waals surface area (Å²) in [4.78, 5) is 25.3. The smallest absolute Gasteiger partial charge is 0.317 e.